The Bertz CT molecular complexity index is 562. The first kappa shape index (κ1) is 17.4. The Kier molecular flexibility index (Phi) is 7.09. The maximum atomic E-state index is 9.12. The van der Waals surface area contributed by atoms with E-state index in [0.29, 0.717) is 0 Å². The number of halogens is 1. The van der Waals surface area contributed by atoms with Crippen molar-refractivity contribution in [3.8, 4) is 0 Å². The van der Waals surface area contributed by atoms with Gasteiger partial charge in [0.15, 0.2) is 0 Å². The van der Waals surface area contributed by atoms with Crippen LogP contribution in [0, 0.1) is 0 Å². The molecule has 1 aromatic rings. The summed E-state index contributed by atoms with van der Waals surface area (Å²) in [5, 5.41) is 15.6. The molecule has 0 saturated heterocycles. The van der Waals surface area contributed by atoms with E-state index in [1.54, 1.807) is 12.2 Å². The molecule has 0 spiro atoms. The molecule has 0 aliphatic rings. The number of allylic oxidation sites excluding steroid dienone is 2. The molecule has 0 bridgehead atoms. The molecule has 3 N–H and O–H groups in total. The number of hydrogen-bond acceptors (Lipinski definition) is 3. The zero-order valence-corrected chi connectivity index (χ0v) is 14.4. The number of anilines is 1. The summed E-state index contributed by atoms with van der Waals surface area (Å²) in [4.78, 5) is 0. The van der Waals surface area contributed by atoms with Crippen LogP contribution in [0.1, 0.15) is 31.4 Å². The molecule has 0 heterocycles. The molecular formula is C17H23BrN2O. The number of aryl methyl sites for hydroxylation is 1. The molecule has 4 heteroatoms. The summed E-state index contributed by atoms with van der Waals surface area (Å²) in [7, 11) is 1.87. The zero-order chi connectivity index (χ0) is 15.8. The van der Waals surface area contributed by atoms with E-state index in [1.165, 1.54) is 5.56 Å². The number of aliphatic hydroxyl groups is 1. The van der Waals surface area contributed by atoms with Crippen LogP contribution in [0.5, 0.6) is 0 Å². The molecule has 0 fully saturated rings. The van der Waals surface area contributed by atoms with Crippen molar-refractivity contribution in [2.45, 2.75) is 26.7 Å². The van der Waals surface area contributed by atoms with Crippen LogP contribution in [0.25, 0.3) is 6.08 Å². The van der Waals surface area contributed by atoms with E-state index in [0.717, 1.165) is 46.2 Å². The minimum Gasteiger partial charge on any atom is -0.516 e. The van der Waals surface area contributed by atoms with Crippen LogP contribution >= 0.6 is 15.9 Å². The summed E-state index contributed by atoms with van der Waals surface area (Å²) >= 11 is 3.62. The van der Waals surface area contributed by atoms with Crippen LogP contribution in [0.3, 0.4) is 0 Å². The summed E-state index contributed by atoms with van der Waals surface area (Å²) in [6.07, 6.45) is 6.58. The molecule has 0 aromatic heterocycles. The van der Waals surface area contributed by atoms with E-state index in [1.807, 2.05) is 20.0 Å². The molecule has 0 atom stereocenters. The minimum absolute atomic E-state index is 0.903. The second-order valence-corrected chi connectivity index (χ2v) is 5.57. The predicted octanol–water partition coefficient (Wildman–Crippen LogP) is 4.98. The number of nitrogens with one attached hydrogen (secondary N) is 2. The van der Waals surface area contributed by atoms with Gasteiger partial charge in [0.25, 0.3) is 0 Å². The minimum atomic E-state index is 0.903. The van der Waals surface area contributed by atoms with Crippen molar-refractivity contribution < 1.29 is 5.11 Å². The standard InChI is InChI=1S/C17H23BrN2O/c1-5-7-13-10-14(8-9-21)17(11-15(13)18)20-16(6-2)12(3)19-4/h6,8-11,19-21H,2,5,7H2,1,3-4H3/b9-8+,16-12-. The molecule has 3 nitrogen and oxygen atoms in total. The van der Waals surface area contributed by atoms with Crippen LogP contribution in [-0.4, -0.2) is 12.2 Å². The van der Waals surface area contributed by atoms with Gasteiger partial charge in [0.05, 0.1) is 12.0 Å². The van der Waals surface area contributed by atoms with Crippen molar-refractivity contribution in [1.29, 1.82) is 0 Å². The SMILES string of the molecule is C=C/C(Nc1cc(Br)c(CCC)cc1/C=C/O)=C(\C)NC. The molecular weight excluding hydrogens is 328 g/mol. The van der Waals surface area contributed by atoms with Gasteiger partial charge in [-0.05, 0) is 43.2 Å². The predicted molar refractivity (Wildman–Crippen MR) is 95.4 cm³/mol. The van der Waals surface area contributed by atoms with Crippen LogP contribution < -0.4 is 10.6 Å². The Hall–Kier alpha value is -1.68. The Morgan fingerprint density at radius 2 is 2.14 bits per heavy atom. The van der Waals surface area contributed by atoms with Crippen LogP contribution in [0.15, 0.2) is 46.9 Å². The molecule has 0 aliphatic carbocycles. The molecule has 0 saturated carbocycles. The van der Waals surface area contributed by atoms with E-state index < -0.39 is 0 Å². The van der Waals surface area contributed by atoms with Gasteiger partial charge in [-0.3, -0.25) is 0 Å². The van der Waals surface area contributed by atoms with E-state index in [4.69, 9.17) is 5.11 Å². The number of benzene rings is 1. The lowest BCUT2D eigenvalue weighted by atomic mass is 10.0. The highest BCUT2D eigenvalue weighted by Gasteiger charge is 2.08. The van der Waals surface area contributed by atoms with E-state index in [9.17, 15) is 0 Å². The van der Waals surface area contributed by atoms with E-state index >= 15 is 0 Å². The van der Waals surface area contributed by atoms with Crippen LogP contribution in [-0.2, 0) is 6.42 Å². The summed E-state index contributed by atoms with van der Waals surface area (Å²) < 4.78 is 1.06. The Balaban J connectivity index is 3.28. The van der Waals surface area contributed by atoms with Crippen molar-refractivity contribution in [2.24, 2.45) is 0 Å². The van der Waals surface area contributed by atoms with Crippen LogP contribution in [0.4, 0.5) is 5.69 Å². The summed E-state index contributed by atoms with van der Waals surface area (Å²) in [6.45, 7) is 7.96. The molecule has 1 rings (SSSR count). The number of aliphatic hydroxyl groups excluding tert-OH is 1. The first-order valence-electron chi connectivity index (χ1n) is 6.98. The lowest BCUT2D eigenvalue weighted by molar-refractivity contribution is 0.478. The third kappa shape index (κ3) is 4.67. The quantitative estimate of drug-likeness (QED) is 0.480. The second kappa shape index (κ2) is 8.57. The highest BCUT2D eigenvalue weighted by Crippen LogP contribution is 2.29. The maximum absolute atomic E-state index is 9.12. The topological polar surface area (TPSA) is 44.3 Å². The van der Waals surface area contributed by atoms with Crippen molar-refractivity contribution in [1.82, 2.24) is 5.32 Å². The average Bonchev–Trinajstić information content (AvgIpc) is 2.48. The van der Waals surface area contributed by atoms with Gasteiger partial charge < -0.3 is 15.7 Å². The second-order valence-electron chi connectivity index (χ2n) is 4.71. The van der Waals surface area contributed by atoms with Crippen molar-refractivity contribution in [2.75, 3.05) is 12.4 Å². The summed E-state index contributed by atoms with van der Waals surface area (Å²) in [5.74, 6) is 0. The highest BCUT2D eigenvalue weighted by molar-refractivity contribution is 9.10. The highest BCUT2D eigenvalue weighted by atomic mass is 79.9. The van der Waals surface area contributed by atoms with Gasteiger partial charge in [0.1, 0.15) is 0 Å². The first-order chi connectivity index (χ1) is 10.1. The lowest BCUT2D eigenvalue weighted by Crippen LogP contribution is -2.10. The van der Waals surface area contributed by atoms with Gasteiger partial charge in [-0.1, -0.05) is 35.9 Å². The van der Waals surface area contributed by atoms with Gasteiger partial charge in [0, 0.05) is 28.5 Å². The molecule has 21 heavy (non-hydrogen) atoms. The Morgan fingerprint density at radius 3 is 2.67 bits per heavy atom. The molecule has 1 aromatic carbocycles. The van der Waals surface area contributed by atoms with E-state index in [-0.39, 0.29) is 0 Å². The fourth-order valence-corrected chi connectivity index (χ4v) is 2.54. The number of rotatable bonds is 7. The third-order valence-electron chi connectivity index (χ3n) is 3.24. The fraction of sp³-hybridized carbons (Fsp3) is 0.294. The van der Waals surface area contributed by atoms with Gasteiger partial charge in [-0.2, -0.15) is 0 Å². The molecule has 114 valence electrons. The normalized spacial score (nSPS) is 12.2. The van der Waals surface area contributed by atoms with Crippen molar-refractivity contribution in [3.63, 3.8) is 0 Å². The van der Waals surface area contributed by atoms with Crippen molar-refractivity contribution >= 4 is 27.7 Å². The third-order valence-corrected chi connectivity index (χ3v) is 3.98. The Labute approximate surface area is 135 Å². The number of hydrogen-bond donors (Lipinski definition) is 3. The lowest BCUT2D eigenvalue weighted by Gasteiger charge is -2.16. The molecule has 0 amide bonds. The summed E-state index contributed by atoms with van der Waals surface area (Å²) in [6, 6.07) is 4.12. The molecule has 0 unspecified atom stereocenters. The van der Waals surface area contributed by atoms with Gasteiger partial charge in [0.2, 0.25) is 0 Å². The average molecular weight is 351 g/mol. The summed E-state index contributed by atoms with van der Waals surface area (Å²) in [5.41, 5.74) is 4.98. The Morgan fingerprint density at radius 1 is 1.43 bits per heavy atom. The van der Waals surface area contributed by atoms with E-state index in [2.05, 4.69) is 46.1 Å². The fourth-order valence-electron chi connectivity index (χ4n) is 2.00. The van der Waals surface area contributed by atoms with Crippen molar-refractivity contribution in [3.05, 3.63) is 58.0 Å². The maximum Gasteiger partial charge on any atom is 0.0798 e. The smallest absolute Gasteiger partial charge is 0.0798 e. The molecule has 0 aliphatic heterocycles. The molecule has 0 radical (unpaired) electrons. The van der Waals surface area contributed by atoms with Gasteiger partial charge in [-0.25, -0.2) is 0 Å². The monoisotopic (exact) mass is 350 g/mol. The van der Waals surface area contributed by atoms with Gasteiger partial charge in [-0.15, -0.1) is 0 Å². The first-order valence-corrected chi connectivity index (χ1v) is 7.77. The largest absolute Gasteiger partial charge is 0.516 e. The van der Waals surface area contributed by atoms with Gasteiger partial charge >= 0.3 is 0 Å². The van der Waals surface area contributed by atoms with Crippen LogP contribution in [0.2, 0.25) is 0 Å². The zero-order valence-electron chi connectivity index (χ0n) is 12.8.